The highest BCUT2D eigenvalue weighted by atomic mass is 35.5. The van der Waals surface area contributed by atoms with Crippen LogP contribution >= 0.6 is 23.4 Å². The number of hydrogen-bond donors (Lipinski definition) is 0. The summed E-state index contributed by atoms with van der Waals surface area (Å²) in [5.74, 6) is 0.0160. The van der Waals surface area contributed by atoms with Gasteiger partial charge in [0.15, 0.2) is 0 Å². The number of likely N-dealkylation sites (N-methyl/N-ethyl adjacent to an activating group) is 1. The van der Waals surface area contributed by atoms with Gasteiger partial charge in [0.1, 0.15) is 0 Å². The van der Waals surface area contributed by atoms with Crippen molar-refractivity contribution in [1.82, 2.24) is 9.80 Å². The Morgan fingerprint density at radius 1 is 0.972 bits per heavy atom. The fraction of sp³-hybridized carbons (Fsp3) is 0.241. The number of amides is 2. The molecular weight excluding hydrogens is 490 g/mol. The maximum Gasteiger partial charge on any atom is 0.265 e. The first-order valence-electron chi connectivity index (χ1n) is 12.2. The predicted octanol–water partition coefficient (Wildman–Crippen LogP) is 5.80. The summed E-state index contributed by atoms with van der Waals surface area (Å²) < 4.78 is 0. The number of para-hydroxylation sites is 1. The Bertz CT molecular complexity index is 1300. The van der Waals surface area contributed by atoms with E-state index in [9.17, 15) is 9.59 Å². The summed E-state index contributed by atoms with van der Waals surface area (Å²) >= 11 is 7.66. The number of anilines is 1. The largest absolute Gasteiger partial charge is 0.336 e. The van der Waals surface area contributed by atoms with E-state index in [2.05, 4.69) is 11.8 Å². The zero-order chi connectivity index (χ0) is 25.1. The lowest BCUT2D eigenvalue weighted by molar-refractivity contribution is -0.114. The van der Waals surface area contributed by atoms with Gasteiger partial charge in [-0.1, -0.05) is 66.7 Å². The highest BCUT2D eigenvalue weighted by Crippen LogP contribution is 2.42. The Labute approximate surface area is 221 Å². The van der Waals surface area contributed by atoms with Gasteiger partial charge in [0, 0.05) is 41.7 Å². The standard InChI is InChI=1S/C29H28ClN3O2S/c1-2-31-14-16-32(17-15-31)28(34)23-12-10-21(11-13-23)19-27-29(35)33(20-22-6-5-7-24(30)18-22)25-8-3-4-9-26(25)36-27/h3-13,18-19H,2,14-17,20H2,1H3/b27-19+. The van der Waals surface area contributed by atoms with Gasteiger partial charge in [-0.2, -0.15) is 0 Å². The molecule has 0 unspecified atom stereocenters. The lowest BCUT2D eigenvalue weighted by Gasteiger charge is -2.34. The van der Waals surface area contributed by atoms with E-state index in [4.69, 9.17) is 11.6 Å². The predicted molar refractivity (Wildman–Crippen MR) is 147 cm³/mol. The molecule has 5 nitrogen and oxygen atoms in total. The van der Waals surface area contributed by atoms with Crippen LogP contribution in [0.4, 0.5) is 5.69 Å². The number of hydrogen-bond acceptors (Lipinski definition) is 4. The smallest absolute Gasteiger partial charge is 0.265 e. The number of halogens is 1. The molecule has 184 valence electrons. The van der Waals surface area contributed by atoms with E-state index in [1.165, 1.54) is 11.8 Å². The van der Waals surface area contributed by atoms with Gasteiger partial charge in [0.2, 0.25) is 0 Å². The third-order valence-corrected chi connectivity index (χ3v) is 7.94. The number of benzene rings is 3. The highest BCUT2D eigenvalue weighted by Gasteiger charge is 2.29. The molecule has 0 aliphatic carbocycles. The zero-order valence-corrected chi connectivity index (χ0v) is 21.8. The molecule has 2 heterocycles. The molecule has 2 amide bonds. The number of carbonyl (C=O) groups is 2. The number of piperazine rings is 1. The second-order valence-corrected chi connectivity index (χ2v) is 10.5. The molecule has 36 heavy (non-hydrogen) atoms. The third-order valence-electron chi connectivity index (χ3n) is 6.62. The highest BCUT2D eigenvalue weighted by molar-refractivity contribution is 8.04. The molecule has 3 aromatic rings. The molecule has 0 radical (unpaired) electrons. The molecule has 0 saturated carbocycles. The van der Waals surface area contributed by atoms with Gasteiger partial charge in [0.05, 0.1) is 17.1 Å². The van der Waals surface area contributed by atoms with E-state index in [0.717, 1.165) is 54.4 Å². The fourth-order valence-corrected chi connectivity index (χ4v) is 5.83. The van der Waals surface area contributed by atoms with E-state index < -0.39 is 0 Å². The van der Waals surface area contributed by atoms with Gasteiger partial charge < -0.3 is 14.7 Å². The number of fused-ring (bicyclic) bond motifs is 1. The summed E-state index contributed by atoms with van der Waals surface area (Å²) in [5, 5.41) is 0.650. The van der Waals surface area contributed by atoms with Crippen molar-refractivity contribution >= 4 is 46.9 Å². The summed E-state index contributed by atoms with van der Waals surface area (Å²) in [6.45, 7) is 6.94. The number of rotatable bonds is 5. The Kier molecular flexibility index (Phi) is 7.46. The third kappa shape index (κ3) is 5.36. The first kappa shape index (κ1) is 24.6. The van der Waals surface area contributed by atoms with E-state index in [0.29, 0.717) is 22.0 Å². The molecule has 0 N–H and O–H groups in total. The maximum atomic E-state index is 13.6. The van der Waals surface area contributed by atoms with Gasteiger partial charge in [-0.05, 0) is 60.1 Å². The molecule has 5 rings (SSSR count). The SMILES string of the molecule is CCN1CCN(C(=O)c2ccc(/C=C3/Sc4ccccc4N(Cc4cccc(Cl)c4)C3=O)cc2)CC1. The minimum absolute atomic E-state index is 0.0485. The lowest BCUT2D eigenvalue weighted by atomic mass is 10.1. The van der Waals surface area contributed by atoms with Crippen molar-refractivity contribution in [2.24, 2.45) is 0 Å². The van der Waals surface area contributed by atoms with Crippen LogP contribution in [-0.2, 0) is 11.3 Å². The molecule has 7 heteroatoms. The number of nitrogens with zero attached hydrogens (tertiary/aromatic N) is 3. The lowest BCUT2D eigenvalue weighted by Crippen LogP contribution is -2.48. The minimum Gasteiger partial charge on any atom is -0.336 e. The van der Waals surface area contributed by atoms with Crippen LogP contribution in [0.25, 0.3) is 6.08 Å². The molecule has 2 aliphatic heterocycles. The van der Waals surface area contributed by atoms with Gasteiger partial charge in [-0.15, -0.1) is 0 Å². The molecule has 0 aromatic heterocycles. The van der Waals surface area contributed by atoms with Crippen LogP contribution in [0.2, 0.25) is 5.02 Å². The van der Waals surface area contributed by atoms with E-state index >= 15 is 0 Å². The van der Waals surface area contributed by atoms with Gasteiger partial charge in [0.25, 0.3) is 11.8 Å². The normalized spacial score (nSPS) is 17.4. The van der Waals surface area contributed by atoms with Crippen LogP contribution in [0.3, 0.4) is 0 Å². The summed E-state index contributed by atoms with van der Waals surface area (Å²) in [6, 6.07) is 23.1. The van der Waals surface area contributed by atoms with E-state index in [1.54, 1.807) is 4.90 Å². The van der Waals surface area contributed by atoms with Crippen LogP contribution < -0.4 is 4.90 Å². The van der Waals surface area contributed by atoms with Crippen molar-refractivity contribution in [2.45, 2.75) is 18.4 Å². The van der Waals surface area contributed by atoms with Crippen molar-refractivity contribution in [2.75, 3.05) is 37.6 Å². The van der Waals surface area contributed by atoms with Gasteiger partial charge in [-0.3, -0.25) is 9.59 Å². The van der Waals surface area contributed by atoms with Crippen molar-refractivity contribution in [1.29, 1.82) is 0 Å². The zero-order valence-electron chi connectivity index (χ0n) is 20.2. The molecule has 0 atom stereocenters. The number of carbonyl (C=O) groups excluding carboxylic acids is 2. The van der Waals surface area contributed by atoms with Crippen molar-refractivity contribution in [3.63, 3.8) is 0 Å². The first-order chi connectivity index (χ1) is 17.5. The molecule has 1 fully saturated rings. The van der Waals surface area contributed by atoms with Crippen LogP contribution in [0, 0.1) is 0 Å². The summed E-state index contributed by atoms with van der Waals surface area (Å²) in [6.07, 6.45) is 1.90. The molecular formula is C29H28ClN3O2S. The fourth-order valence-electron chi connectivity index (χ4n) is 4.56. The summed E-state index contributed by atoms with van der Waals surface area (Å²) in [4.78, 5) is 34.2. The van der Waals surface area contributed by atoms with Crippen LogP contribution in [0.5, 0.6) is 0 Å². The second kappa shape index (κ2) is 10.9. The Morgan fingerprint density at radius 2 is 1.72 bits per heavy atom. The Morgan fingerprint density at radius 3 is 2.44 bits per heavy atom. The molecule has 1 saturated heterocycles. The van der Waals surface area contributed by atoms with Gasteiger partial charge >= 0.3 is 0 Å². The monoisotopic (exact) mass is 517 g/mol. The molecule has 0 spiro atoms. The maximum absolute atomic E-state index is 13.6. The number of thioether (sulfide) groups is 1. The van der Waals surface area contributed by atoms with Crippen LogP contribution in [0.15, 0.2) is 82.6 Å². The summed E-state index contributed by atoms with van der Waals surface area (Å²) in [5.41, 5.74) is 3.44. The van der Waals surface area contributed by atoms with E-state index in [1.807, 2.05) is 83.8 Å². The van der Waals surface area contributed by atoms with Gasteiger partial charge in [-0.25, -0.2) is 0 Å². The molecule has 2 aliphatic rings. The van der Waals surface area contributed by atoms with Crippen molar-refractivity contribution < 1.29 is 9.59 Å². The van der Waals surface area contributed by atoms with Crippen molar-refractivity contribution in [3.05, 3.63) is 99.4 Å². The quantitative estimate of drug-likeness (QED) is 0.401. The molecule has 3 aromatic carbocycles. The molecule has 0 bridgehead atoms. The Balaban J connectivity index is 1.36. The average Bonchev–Trinajstić information content (AvgIpc) is 2.91. The Hall–Kier alpha value is -3.06. The van der Waals surface area contributed by atoms with Crippen LogP contribution in [0.1, 0.15) is 28.4 Å². The second-order valence-electron chi connectivity index (χ2n) is 8.95. The summed E-state index contributed by atoms with van der Waals surface area (Å²) in [7, 11) is 0. The van der Waals surface area contributed by atoms with Crippen LogP contribution in [-0.4, -0.2) is 54.3 Å². The van der Waals surface area contributed by atoms with Crippen molar-refractivity contribution in [3.8, 4) is 0 Å². The minimum atomic E-state index is -0.0485. The first-order valence-corrected chi connectivity index (χ1v) is 13.4. The van der Waals surface area contributed by atoms with E-state index in [-0.39, 0.29) is 11.8 Å². The topological polar surface area (TPSA) is 43.9 Å². The average molecular weight is 518 g/mol.